The molecule has 2 aromatic rings. The van der Waals surface area contributed by atoms with Crippen molar-refractivity contribution in [1.29, 1.82) is 0 Å². The number of carbonyl (C=O) groups excluding carboxylic acids is 3. The third-order valence-corrected chi connectivity index (χ3v) is 8.21. The van der Waals surface area contributed by atoms with Crippen LogP contribution in [0.1, 0.15) is 18.4 Å². The lowest BCUT2D eigenvalue weighted by molar-refractivity contribution is -0.135. The molecule has 0 unspecified atom stereocenters. The predicted octanol–water partition coefficient (Wildman–Crippen LogP) is 4.53. The number of rotatable bonds is 6. The van der Waals surface area contributed by atoms with Gasteiger partial charge >= 0.3 is 10.1 Å². The number of imide groups is 1. The van der Waals surface area contributed by atoms with Gasteiger partial charge in [0.25, 0.3) is 11.1 Å². The molecule has 2 aliphatic rings. The lowest BCUT2D eigenvalue weighted by Crippen LogP contribution is -2.40. The van der Waals surface area contributed by atoms with E-state index in [4.69, 9.17) is 15.8 Å². The van der Waals surface area contributed by atoms with Crippen molar-refractivity contribution in [2.45, 2.75) is 17.7 Å². The highest BCUT2D eigenvalue weighted by molar-refractivity contribution is 9.10. The Bertz CT molecular complexity index is 1290. The first-order valence-electron chi connectivity index (χ1n) is 10.2. The van der Waals surface area contributed by atoms with Crippen molar-refractivity contribution < 1.29 is 27.0 Å². The Hall–Kier alpha value is -2.34. The monoisotopic (exact) mass is 584 g/mol. The first kappa shape index (κ1) is 24.8. The van der Waals surface area contributed by atoms with E-state index in [0.29, 0.717) is 28.1 Å². The summed E-state index contributed by atoms with van der Waals surface area (Å²) in [5.41, 5.74) is 0.541. The molecule has 12 heteroatoms. The van der Waals surface area contributed by atoms with Crippen molar-refractivity contribution in [1.82, 2.24) is 9.80 Å². The SMILES string of the molecule is O=C(CN1C(=O)S/C(=C\c2ccc(OS(=O)(=O)c3ccc(Cl)cc3)c(Br)c2)C1=O)N1CCCC1. The van der Waals surface area contributed by atoms with Crippen LogP contribution in [-0.4, -0.2) is 54.9 Å². The Balaban J connectivity index is 1.47. The average Bonchev–Trinajstić information content (AvgIpc) is 3.41. The summed E-state index contributed by atoms with van der Waals surface area (Å²) in [4.78, 5) is 40.1. The fourth-order valence-corrected chi connectivity index (χ4v) is 5.93. The molecule has 2 aromatic carbocycles. The zero-order valence-electron chi connectivity index (χ0n) is 17.6. The maximum atomic E-state index is 12.7. The van der Waals surface area contributed by atoms with Gasteiger partial charge in [-0.25, -0.2) is 0 Å². The van der Waals surface area contributed by atoms with Gasteiger partial charge in [-0.2, -0.15) is 8.42 Å². The van der Waals surface area contributed by atoms with Crippen LogP contribution in [0.2, 0.25) is 5.02 Å². The number of thioether (sulfide) groups is 1. The predicted molar refractivity (Wildman–Crippen MR) is 132 cm³/mol. The number of hydrogen-bond donors (Lipinski definition) is 0. The first-order chi connectivity index (χ1) is 16.1. The van der Waals surface area contributed by atoms with Crippen LogP contribution in [0.25, 0.3) is 6.08 Å². The van der Waals surface area contributed by atoms with E-state index < -0.39 is 21.3 Å². The minimum Gasteiger partial charge on any atom is -0.378 e. The summed E-state index contributed by atoms with van der Waals surface area (Å²) in [7, 11) is -4.08. The average molecular weight is 586 g/mol. The summed E-state index contributed by atoms with van der Waals surface area (Å²) < 4.78 is 30.6. The lowest BCUT2D eigenvalue weighted by atomic mass is 10.2. The standard InChI is InChI=1S/C22H18BrClN2O6S2/c23-17-11-14(3-8-18(17)32-34(30,31)16-6-4-15(24)5-7-16)12-19-21(28)26(22(29)33-19)13-20(27)25-9-1-2-10-25/h3-8,11-12H,1-2,9-10,13H2/b19-12-. The molecule has 0 saturated carbocycles. The van der Waals surface area contributed by atoms with Crippen LogP contribution in [0, 0.1) is 0 Å². The lowest BCUT2D eigenvalue weighted by Gasteiger charge is -2.18. The van der Waals surface area contributed by atoms with Gasteiger partial charge in [0.1, 0.15) is 11.4 Å². The van der Waals surface area contributed by atoms with Crippen LogP contribution in [-0.2, 0) is 19.7 Å². The number of hydrogen-bond acceptors (Lipinski definition) is 7. The second kappa shape index (κ2) is 10.1. The van der Waals surface area contributed by atoms with Crippen LogP contribution in [0.15, 0.2) is 56.7 Å². The van der Waals surface area contributed by atoms with Crippen molar-refractivity contribution in [2.24, 2.45) is 0 Å². The quantitative estimate of drug-likeness (QED) is 0.363. The second-order valence-corrected chi connectivity index (χ2v) is 11.4. The van der Waals surface area contributed by atoms with Gasteiger partial charge in [-0.1, -0.05) is 17.7 Å². The molecule has 8 nitrogen and oxygen atoms in total. The number of amides is 3. The van der Waals surface area contributed by atoms with Gasteiger partial charge in [-0.05, 0) is 88.6 Å². The van der Waals surface area contributed by atoms with Crippen molar-refractivity contribution in [3.05, 3.63) is 62.4 Å². The maximum absolute atomic E-state index is 12.7. The number of halogens is 2. The molecule has 178 valence electrons. The maximum Gasteiger partial charge on any atom is 0.339 e. The first-order valence-corrected chi connectivity index (χ1v) is 13.6. The number of likely N-dealkylation sites (tertiary alicyclic amines) is 1. The Labute approximate surface area is 214 Å². The molecule has 0 spiro atoms. The molecule has 0 aromatic heterocycles. The Morgan fingerprint density at radius 2 is 1.79 bits per heavy atom. The summed E-state index contributed by atoms with van der Waals surface area (Å²) in [6.45, 7) is 1.00. The molecule has 0 aliphatic carbocycles. The van der Waals surface area contributed by atoms with Crippen molar-refractivity contribution >= 4 is 72.5 Å². The van der Waals surface area contributed by atoms with E-state index in [2.05, 4.69) is 15.9 Å². The van der Waals surface area contributed by atoms with E-state index in [0.717, 1.165) is 29.5 Å². The molecule has 0 N–H and O–H groups in total. The summed E-state index contributed by atoms with van der Waals surface area (Å²) in [5, 5.41) is -0.105. The molecule has 2 saturated heterocycles. The number of nitrogens with zero attached hydrogens (tertiary/aromatic N) is 2. The molecule has 0 bridgehead atoms. The Kier molecular flexibility index (Phi) is 7.36. The van der Waals surface area contributed by atoms with Gasteiger partial charge in [0.15, 0.2) is 5.75 Å². The van der Waals surface area contributed by atoms with E-state index in [1.807, 2.05) is 0 Å². The Morgan fingerprint density at radius 1 is 1.12 bits per heavy atom. The summed E-state index contributed by atoms with van der Waals surface area (Å²) in [5.74, 6) is -0.729. The molecular formula is C22H18BrClN2O6S2. The van der Waals surface area contributed by atoms with Crippen LogP contribution < -0.4 is 4.18 Å². The van der Waals surface area contributed by atoms with Gasteiger partial charge in [-0.3, -0.25) is 19.3 Å². The van der Waals surface area contributed by atoms with E-state index in [1.54, 1.807) is 17.0 Å². The van der Waals surface area contributed by atoms with E-state index in [-0.39, 0.29) is 28.0 Å². The molecule has 34 heavy (non-hydrogen) atoms. The van der Waals surface area contributed by atoms with Gasteiger partial charge < -0.3 is 9.08 Å². The minimum absolute atomic E-state index is 0.0509. The number of benzene rings is 2. The van der Waals surface area contributed by atoms with Crippen LogP contribution in [0.3, 0.4) is 0 Å². The highest BCUT2D eigenvalue weighted by atomic mass is 79.9. The molecule has 0 atom stereocenters. The fourth-order valence-electron chi connectivity index (χ4n) is 3.43. The second-order valence-electron chi connectivity index (χ2n) is 7.54. The zero-order chi connectivity index (χ0) is 24.5. The molecular weight excluding hydrogens is 568 g/mol. The largest absolute Gasteiger partial charge is 0.378 e. The van der Waals surface area contributed by atoms with Crippen molar-refractivity contribution in [3.8, 4) is 5.75 Å². The van der Waals surface area contributed by atoms with E-state index in [1.165, 1.54) is 36.4 Å². The highest BCUT2D eigenvalue weighted by Gasteiger charge is 2.37. The molecule has 3 amide bonds. The zero-order valence-corrected chi connectivity index (χ0v) is 21.5. The number of carbonyl (C=O) groups is 3. The smallest absolute Gasteiger partial charge is 0.339 e. The summed E-state index contributed by atoms with van der Waals surface area (Å²) in [6, 6.07) is 10.1. The van der Waals surface area contributed by atoms with Crippen LogP contribution >= 0.6 is 39.3 Å². The Morgan fingerprint density at radius 3 is 2.44 bits per heavy atom. The normalized spacial score (nSPS) is 17.6. The molecule has 0 radical (unpaired) electrons. The van der Waals surface area contributed by atoms with Crippen LogP contribution in [0.4, 0.5) is 4.79 Å². The molecule has 4 rings (SSSR count). The van der Waals surface area contributed by atoms with Gasteiger partial charge in [0, 0.05) is 18.1 Å². The van der Waals surface area contributed by atoms with E-state index in [9.17, 15) is 22.8 Å². The highest BCUT2D eigenvalue weighted by Crippen LogP contribution is 2.34. The van der Waals surface area contributed by atoms with Gasteiger partial charge in [-0.15, -0.1) is 0 Å². The van der Waals surface area contributed by atoms with Gasteiger partial charge in [0.05, 0.1) is 9.38 Å². The minimum atomic E-state index is -4.08. The molecule has 2 aliphatic heterocycles. The van der Waals surface area contributed by atoms with Gasteiger partial charge in [0.2, 0.25) is 5.91 Å². The van der Waals surface area contributed by atoms with E-state index >= 15 is 0 Å². The van der Waals surface area contributed by atoms with Crippen LogP contribution in [0.5, 0.6) is 5.75 Å². The van der Waals surface area contributed by atoms with Crippen molar-refractivity contribution in [2.75, 3.05) is 19.6 Å². The molecule has 2 heterocycles. The third kappa shape index (κ3) is 5.48. The van der Waals surface area contributed by atoms with Crippen molar-refractivity contribution in [3.63, 3.8) is 0 Å². The fraction of sp³-hybridized carbons (Fsp3) is 0.227. The topological polar surface area (TPSA) is 101 Å². The summed E-state index contributed by atoms with van der Waals surface area (Å²) in [6.07, 6.45) is 3.35. The molecule has 2 fully saturated rings. The summed E-state index contributed by atoms with van der Waals surface area (Å²) >= 11 is 9.84. The third-order valence-electron chi connectivity index (χ3n) is 5.18.